The first-order valence-corrected chi connectivity index (χ1v) is 9.06. The van der Waals surface area contributed by atoms with E-state index in [1.54, 1.807) is 6.07 Å². The molecule has 0 saturated heterocycles. The van der Waals surface area contributed by atoms with Crippen molar-refractivity contribution in [2.75, 3.05) is 6.26 Å². The number of rotatable bonds is 5. The molecule has 1 aromatic heterocycles. The number of hydrogen-bond acceptors (Lipinski definition) is 5. The van der Waals surface area contributed by atoms with Crippen molar-refractivity contribution in [3.63, 3.8) is 0 Å². The van der Waals surface area contributed by atoms with Crippen molar-refractivity contribution < 1.29 is 13.9 Å². The minimum Gasteiger partial charge on any atom is -0.460 e. The van der Waals surface area contributed by atoms with Crippen molar-refractivity contribution >= 4 is 39.5 Å². The molecule has 1 heterocycles. The smallest absolute Gasteiger partial charge is 0.336 e. The van der Waals surface area contributed by atoms with Crippen molar-refractivity contribution in [3.05, 3.63) is 58.4 Å². The number of benzene rings is 2. The van der Waals surface area contributed by atoms with Crippen molar-refractivity contribution in [3.8, 4) is 0 Å². The number of thioether (sulfide) groups is 1. The molecule has 4 nitrogen and oxygen atoms in total. The van der Waals surface area contributed by atoms with Crippen LogP contribution in [0, 0.1) is 0 Å². The fraction of sp³-hybridized carbons (Fsp3) is 0.263. The molecule has 0 N–H and O–H groups in total. The third kappa shape index (κ3) is 3.17. The largest absolute Gasteiger partial charge is 0.460 e. The first kappa shape index (κ1) is 16.6. The van der Waals surface area contributed by atoms with Gasteiger partial charge in [-0.15, -0.1) is 0 Å². The molecule has 0 radical (unpaired) electrons. The molecular formula is C19H18O4S. The zero-order valence-corrected chi connectivity index (χ0v) is 14.4. The predicted molar refractivity (Wildman–Crippen MR) is 97.4 cm³/mol. The second-order valence-electron chi connectivity index (χ2n) is 5.49. The predicted octanol–water partition coefficient (Wildman–Crippen LogP) is 4.13. The highest BCUT2D eigenvalue weighted by Crippen LogP contribution is 2.28. The summed E-state index contributed by atoms with van der Waals surface area (Å²) in [5, 5.41) is 2.65. The second-order valence-corrected chi connectivity index (χ2v) is 6.53. The zero-order valence-electron chi connectivity index (χ0n) is 13.6. The van der Waals surface area contributed by atoms with Gasteiger partial charge in [-0.25, -0.2) is 4.79 Å². The number of ether oxygens (including phenoxy) is 1. The normalized spacial score (nSPS) is 12.4. The molecule has 3 rings (SSSR count). The molecule has 1 atom stereocenters. The maximum Gasteiger partial charge on any atom is 0.336 e. The summed E-state index contributed by atoms with van der Waals surface area (Å²) in [5.41, 5.74) is 0.729. The Labute approximate surface area is 143 Å². The molecule has 3 aromatic rings. The highest BCUT2D eigenvalue weighted by Gasteiger charge is 2.18. The van der Waals surface area contributed by atoms with E-state index >= 15 is 0 Å². The molecule has 124 valence electrons. The molecule has 0 amide bonds. The molecule has 2 aromatic carbocycles. The summed E-state index contributed by atoms with van der Waals surface area (Å²) >= 11 is 1.47. The van der Waals surface area contributed by atoms with Crippen molar-refractivity contribution in [1.29, 1.82) is 0 Å². The van der Waals surface area contributed by atoms with E-state index in [4.69, 9.17) is 9.15 Å². The highest BCUT2D eigenvalue weighted by atomic mass is 32.2. The third-order valence-electron chi connectivity index (χ3n) is 4.00. The number of esters is 1. The molecule has 24 heavy (non-hydrogen) atoms. The minimum atomic E-state index is -0.444. The maximum absolute atomic E-state index is 12.1. The van der Waals surface area contributed by atoms with E-state index in [1.807, 2.05) is 43.5 Å². The Balaban J connectivity index is 2.05. The van der Waals surface area contributed by atoms with Gasteiger partial charge in [0.2, 0.25) is 0 Å². The van der Waals surface area contributed by atoms with Gasteiger partial charge in [-0.3, -0.25) is 4.79 Å². The number of carbonyl (C=O) groups excluding carboxylic acids is 1. The van der Waals surface area contributed by atoms with E-state index in [-0.39, 0.29) is 17.8 Å². The van der Waals surface area contributed by atoms with Crippen LogP contribution in [0.5, 0.6) is 0 Å². The molecule has 0 aliphatic carbocycles. The van der Waals surface area contributed by atoms with Gasteiger partial charge < -0.3 is 9.15 Å². The summed E-state index contributed by atoms with van der Waals surface area (Å²) in [5.74, 6) is -0.258. The fourth-order valence-corrected chi connectivity index (χ4v) is 3.40. The van der Waals surface area contributed by atoms with Crippen LogP contribution in [0.2, 0.25) is 0 Å². The summed E-state index contributed by atoms with van der Waals surface area (Å²) in [6.45, 7) is 2.01. The number of hydrogen-bond donors (Lipinski definition) is 0. The van der Waals surface area contributed by atoms with Gasteiger partial charge in [-0.05, 0) is 29.5 Å². The monoisotopic (exact) mass is 342 g/mol. The lowest BCUT2D eigenvalue weighted by Gasteiger charge is -2.13. The zero-order chi connectivity index (χ0) is 17.1. The van der Waals surface area contributed by atoms with E-state index in [0.29, 0.717) is 17.6 Å². The fourth-order valence-electron chi connectivity index (χ4n) is 2.81. The van der Waals surface area contributed by atoms with Gasteiger partial charge in [-0.2, -0.15) is 11.8 Å². The van der Waals surface area contributed by atoms with E-state index in [2.05, 4.69) is 0 Å². The molecule has 0 fully saturated rings. The van der Waals surface area contributed by atoms with Crippen LogP contribution in [0.25, 0.3) is 21.7 Å². The molecule has 0 bridgehead atoms. The van der Waals surface area contributed by atoms with E-state index < -0.39 is 5.63 Å². The SMILES string of the molecule is CC[C@H](SC)C(=O)OCc1cc(=O)oc2ccc3ccccc3c12. The Bertz CT molecular complexity index is 941. The lowest BCUT2D eigenvalue weighted by atomic mass is 10.0. The maximum atomic E-state index is 12.1. The van der Waals surface area contributed by atoms with Crippen LogP contribution in [-0.4, -0.2) is 17.5 Å². The van der Waals surface area contributed by atoms with Gasteiger partial charge in [-0.1, -0.05) is 37.3 Å². The molecule has 0 aliphatic heterocycles. The molecule has 5 heteroatoms. The molecular weight excluding hydrogens is 324 g/mol. The van der Waals surface area contributed by atoms with Crippen LogP contribution >= 0.6 is 11.8 Å². The van der Waals surface area contributed by atoms with Crippen LogP contribution in [0.15, 0.2) is 51.7 Å². The number of carbonyl (C=O) groups is 1. The lowest BCUT2D eigenvalue weighted by Crippen LogP contribution is -2.19. The Kier molecular flexibility index (Phi) is 4.90. The standard InChI is InChI=1S/C19H18O4S/c1-3-16(24-2)19(21)22-11-13-10-17(20)23-15-9-8-12-6-4-5-7-14(12)18(13)15/h4-10,16H,3,11H2,1-2H3/t16-/m0/s1. The molecule has 0 spiro atoms. The first-order chi connectivity index (χ1) is 11.6. The second kappa shape index (κ2) is 7.09. The van der Waals surface area contributed by atoms with Gasteiger partial charge in [0.1, 0.15) is 17.4 Å². The summed E-state index contributed by atoms with van der Waals surface area (Å²) in [7, 11) is 0. The first-order valence-electron chi connectivity index (χ1n) is 7.78. The van der Waals surface area contributed by atoms with Gasteiger partial charge in [0.05, 0.1) is 0 Å². The summed E-state index contributed by atoms with van der Waals surface area (Å²) in [6, 6.07) is 13.0. The van der Waals surface area contributed by atoms with Gasteiger partial charge in [0, 0.05) is 17.0 Å². The topological polar surface area (TPSA) is 56.5 Å². The van der Waals surface area contributed by atoms with Crippen LogP contribution in [-0.2, 0) is 16.1 Å². The summed E-state index contributed by atoms with van der Waals surface area (Å²) < 4.78 is 10.8. The van der Waals surface area contributed by atoms with E-state index in [1.165, 1.54) is 17.8 Å². The molecule has 0 saturated carbocycles. The van der Waals surface area contributed by atoms with Gasteiger partial charge in [0.25, 0.3) is 0 Å². The summed E-state index contributed by atoms with van der Waals surface area (Å²) in [6.07, 6.45) is 2.59. The van der Waals surface area contributed by atoms with Crippen LogP contribution in [0.4, 0.5) is 0 Å². The molecule has 0 aliphatic rings. The van der Waals surface area contributed by atoms with Crippen LogP contribution < -0.4 is 5.63 Å². The Morgan fingerprint density at radius 2 is 2.04 bits per heavy atom. The Hall–Kier alpha value is -2.27. The average molecular weight is 342 g/mol. The Morgan fingerprint density at radius 3 is 2.79 bits per heavy atom. The quantitative estimate of drug-likeness (QED) is 0.396. The number of fused-ring (bicyclic) bond motifs is 3. The van der Waals surface area contributed by atoms with Crippen molar-refractivity contribution in [1.82, 2.24) is 0 Å². The average Bonchev–Trinajstić information content (AvgIpc) is 2.60. The minimum absolute atomic E-state index is 0.0615. The van der Waals surface area contributed by atoms with Crippen LogP contribution in [0.1, 0.15) is 18.9 Å². The van der Waals surface area contributed by atoms with Crippen molar-refractivity contribution in [2.24, 2.45) is 0 Å². The highest BCUT2D eigenvalue weighted by molar-refractivity contribution is 7.99. The van der Waals surface area contributed by atoms with Crippen molar-refractivity contribution in [2.45, 2.75) is 25.2 Å². The van der Waals surface area contributed by atoms with Gasteiger partial charge >= 0.3 is 11.6 Å². The lowest BCUT2D eigenvalue weighted by molar-refractivity contribution is -0.144. The van der Waals surface area contributed by atoms with Gasteiger partial charge in [0.15, 0.2) is 0 Å². The molecule has 0 unspecified atom stereocenters. The van der Waals surface area contributed by atoms with E-state index in [9.17, 15) is 9.59 Å². The van der Waals surface area contributed by atoms with Crippen LogP contribution in [0.3, 0.4) is 0 Å². The summed E-state index contributed by atoms with van der Waals surface area (Å²) in [4.78, 5) is 23.9. The Morgan fingerprint density at radius 1 is 1.25 bits per heavy atom. The third-order valence-corrected chi connectivity index (χ3v) is 5.10. The van der Waals surface area contributed by atoms with E-state index in [0.717, 1.165) is 16.2 Å².